The molecule has 0 spiro atoms. The van der Waals surface area contributed by atoms with E-state index < -0.39 is 5.92 Å². The van der Waals surface area contributed by atoms with Gasteiger partial charge in [0.05, 0.1) is 23.8 Å². The van der Waals surface area contributed by atoms with Crippen LogP contribution in [0, 0.1) is 11.3 Å². The van der Waals surface area contributed by atoms with Crippen LogP contribution in [0.15, 0.2) is 60.0 Å². The van der Waals surface area contributed by atoms with Gasteiger partial charge in [-0.05, 0) is 48.4 Å². The molecule has 1 atom stereocenters. The molecular weight excluding hydrogens is 406 g/mol. The van der Waals surface area contributed by atoms with Gasteiger partial charge < -0.3 is 20.5 Å². The third-order valence-electron chi connectivity index (χ3n) is 5.12. The van der Waals surface area contributed by atoms with E-state index in [1.807, 2.05) is 36.4 Å². The van der Waals surface area contributed by atoms with Crippen LogP contribution in [0.1, 0.15) is 37.3 Å². The zero-order chi connectivity index (χ0) is 22.7. The van der Waals surface area contributed by atoms with Crippen LogP contribution in [0.4, 0.5) is 5.69 Å². The number of aromatic amines is 1. The average Bonchev–Trinajstić information content (AvgIpc) is 3.20. The summed E-state index contributed by atoms with van der Waals surface area (Å²) >= 11 is 0. The van der Waals surface area contributed by atoms with Gasteiger partial charge in [0.2, 0.25) is 17.7 Å². The van der Waals surface area contributed by atoms with Gasteiger partial charge in [-0.1, -0.05) is 19.1 Å². The number of allylic oxidation sites excluding steroid dienone is 1. The Morgan fingerprint density at radius 2 is 1.97 bits per heavy atom. The van der Waals surface area contributed by atoms with Crippen LogP contribution in [0.3, 0.4) is 0 Å². The Morgan fingerprint density at radius 3 is 2.59 bits per heavy atom. The molecule has 4 N–H and O–H groups in total. The monoisotopic (exact) mass is 429 g/mol. The summed E-state index contributed by atoms with van der Waals surface area (Å²) in [5.74, 6) is 0.514. The maximum absolute atomic E-state index is 11.3. The smallest absolute Gasteiger partial charge is 0.244 e. The normalized spacial score (nSPS) is 14.8. The summed E-state index contributed by atoms with van der Waals surface area (Å²) in [6.07, 6.45) is 0.931. The third kappa shape index (κ3) is 4.01. The van der Waals surface area contributed by atoms with Crippen molar-refractivity contribution in [3.05, 3.63) is 71.1 Å². The number of hydrogen-bond donors (Lipinski definition) is 3. The SMILES string of the molecule is CCCOc1ccc(-c2[nH]nc3c2[C@H](c2ccc(NC(C)=O)cc2)C(C#N)=C(N)O3)cc1. The Bertz CT molecular complexity index is 1200. The number of carbonyl (C=O) groups excluding carboxylic acids is 1. The lowest BCUT2D eigenvalue weighted by atomic mass is 9.83. The molecule has 8 nitrogen and oxygen atoms in total. The molecule has 0 saturated carbocycles. The number of hydrogen-bond acceptors (Lipinski definition) is 6. The summed E-state index contributed by atoms with van der Waals surface area (Å²) in [5.41, 5.74) is 10.2. The first kappa shape index (κ1) is 21.0. The van der Waals surface area contributed by atoms with E-state index in [9.17, 15) is 10.1 Å². The summed E-state index contributed by atoms with van der Waals surface area (Å²) in [6, 6.07) is 17.1. The van der Waals surface area contributed by atoms with Crippen molar-refractivity contribution in [3.8, 4) is 29.0 Å². The molecule has 0 aliphatic carbocycles. The molecule has 32 heavy (non-hydrogen) atoms. The highest BCUT2D eigenvalue weighted by atomic mass is 16.5. The molecule has 0 unspecified atom stereocenters. The number of fused-ring (bicyclic) bond motifs is 1. The van der Waals surface area contributed by atoms with Crippen molar-refractivity contribution >= 4 is 11.6 Å². The molecule has 1 amide bonds. The van der Waals surface area contributed by atoms with E-state index in [1.165, 1.54) is 6.92 Å². The summed E-state index contributed by atoms with van der Waals surface area (Å²) in [5, 5.41) is 19.9. The second-order valence-corrected chi connectivity index (χ2v) is 7.42. The summed E-state index contributed by atoms with van der Waals surface area (Å²) < 4.78 is 11.3. The van der Waals surface area contributed by atoms with Crippen LogP contribution < -0.4 is 20.5 Å². The van der Waals surface area contributed by atoms with Crippen LogP contribution in [0.5, 0.6) is 11.6 Å². The predicted molar refractivity (Wildman–Crippen MR) is 120 cm³/mol. The van der Waals surface area contributed by atoms with Crippen molar-refractivity contribution in [1.82, 2.24) is 10.2 Å². The van der Waals surface area contributed by atoms with E-state index in [-0.39, 0.29) is 11.8 Å². The van der Waals surface area contributed by atoms with Crippen molar-refractivity contribution in [2.75, 3.05) is 11.9 Å². The fraction of sp³-hybridized carbons (Fsp3) is 0.208. The largest absolute Gasteiger partial charge is 0.494 e. The van der Waals surface area contributed by atoms with Crippen molar-refractivity contribution in [1.29, 1.82) is 5.26 Å². The van der Waals surface area contributed by atoms with Crippen LogP contribution >= 0.6 is 0 Å². The number of nitrogens with zero attached hydrogens (tertiary/aromatic N) is 2. The fourth-order valence-electron chi connectivity index (χ4n) is 3.70. The molecule has 1 aromatic heterocycles. The second-order valence-electron chi connectivity index (χ2n) is 7.42. The first-order chi connectivity index (χ1) is 15.5. The quantitative estimate of drug-likeness (QED) is 0.543. The van der Waals surface area contributed by atoms with E-state index >= 15 is 0 Å². The Hall–Kier alpha value is -4.25. The van der Waals surface area contributed by atoms with Crippen LogP contribution in [0.2, 0.25) is 0 Å². The maximum Gasteiger partial charge on any atom is 0.244 e. The van der Waals surface area contributed by atoms with Gasteiger partial charge in [0.1, 0.15) is 17.4 Å². The number of amides is 1. The van der Waals surface area contributed by atoms with Gasteiger partial charge in [-0.2, -0.15) is 5.26 Å². The van der Waals surface area contributed by atoms with E-state index in [0.717, 1.165) is 34.6 Å². The average molecular weight is 429 g/mol. The Labute approximate surface area is 185 Å². The van der Waals surface area contributed by atoms with Gasteiger partial charge in [0, 0.05) is 18.2 Å². The highest BCUT2D eigenvalue weighted by Gasteiger charge is 2.35. The van der Waals surface area contributed by atoms with Gasteiger partial charge in [-0.25, -0.2) is 0 Å². The number of carbonyl (C=O) groups is 1. The summed E-state index contributed by atoms with van der Waals surface area (Å²) in [7, 11) is 0. The lowest BCUT2D eigenvalue weighted by Gasteiger charge is -2.24. The lowest BCUT2D eigenvalue weighted by Crippen LogP contribution is -2.21. The molecule has 1 aliphatic rings. The molecule has 4 rings (SSSR count). The number of aromatic nitrogens is 2. The van der Waals surface area contributed by atoms with E-state index in [0.29, 0.717) is 23.7 Å². The molecule has 0 radical (unpaired) electrons. The lowest BCUT2D eigenvalue weighted by molar-refractivity contribution is -0.114. The van der Waals surface area contributed by atoms with Gasteiger partial charge in [0.25, 0.3) is 0 Å². The number of nitriles is 1. The number of nitrogens with two attached hydrogens (primary N) is 1. The van der Waals surface area contributed by atoms with E-state index in [2.05, 4.69) is 28.5 Å². The van der Waals surface area contributed by atoms with Gasteiger partial charge in [-0.3, -0.25) is 9.89 Å². The number of H-pyrrole nitrogens is 1. The molecule has 0 bridgehead atoms. The molecule has 162 valence electrons. The summed E-state index contributed by atoms with van der Waals surface area (Å²) in [4.78, 5) is 11.3. The van der Waals surface area contributed by atoms with Gasteiger partial charge >= 0.3 is 0 Å². The Balaban J connectivity index is 1.76. The number of rotatable bonds is 6. The molecule has 0 fully saturated rings. The molecule has 8 heteroatoms. The highest BCUT2D eigenvalue weighted by molar-refractivity contribution is 5.88. The van der Waals surface area contributed by atoms with Crippen molar-refractivity contribution in [3.63, 3.8) is 0 Å². The molecule has 2 heterocycles. The van der Waals surface area contributed by atoms with Crippen molar-refractivity contribution < 1.29 is 14.3 Å². The Morgan fingerprint density at radius 1 is 1.25 bits per heavy atom. The fourth-order valence-corrected chi connectivity index (χ4v) is 3.70. The van der Waals surface area contributed by atoms with Gasteiger partial charge in [-0.15, -0.1) is 5.10 Å². The number of nitrogens with one attached hydrogen (secondary N) is 2. The first-order valence-electron chi connectivity index (χ1n) is 10.3. The third-order valence-corrected chi connectivity index (χ3v) is 5.12. The highest BCUT2D eigenvalue weighted by Crippen LogP contribution is 2.45. The zero-order valence-corrected chi connectivity index (χ0v) is 17.8. The van der Waals surface area contributed by atoms with E-state index in [4.69, 9.17) is 15.2 Å². The minimum atomic E-state index is -0.472. The minimum absolute atomic E-state index is 0.0253. The molecule has 1 aliphatic heterocycles. The van der Waals surface area contributed by atoms with Crippen molar-refractivity contribution in [2.45, 2.75) is 26.2 Å². The van der Waals surface area contributed by atoms with Crippen LogP contribution in [-0.2, 0) is 4.79 Å². The molecule has 2 aromatic carbocycles. The van der Waals surface area contributed by atoms with Crippen LogP contribution in [0.25, 0.3) is 11.3 Å². The topological polar surface area (TPSA) is 126 Å². The zero-order valence-electron chi connectivity index (χ0n) is 17.8. The Kier molecular flexibility index (Phi) is 5.81. The maximum atomic E-state index is 11.3. The minimum Gasteiger partial charge on any atom is -0.494 e. The van der Waals surface area contributed by atoms with Crippen molar-refractivity contribution in [2.24, 2.45) is 5.73 Å². The first-order valence-corrected chi connectivity index (χ1v) is 10.3. The number of ether oxygens (including phenoxy) is 2. The second kappa shape index (κ2) is 8.86. The number of benzene rings is 2. The standard InChI is InChI=1S/C24H23N5O3/c1-3-12-31-18-10-6-16(7-11-18)22-21-20(15-4-8-17(9-5-15)27-14(2)30)19(13-25)23(26)32-24(21)29-28-22/h4-11,20H,3,12,26H2,1-2H3,(H,27,30)(H,28,29)/t20-/m1/s1. The summed E-state index contributed by atoms with van der Waals surface area (Å²) in [6.45, 7) is 4.16. The molecule has 3 aromatic rings. The van der Waals surface area contributed by atoms with Crippen LogP contribution in [-0.4, -0.2) is 22.7 Å². The predicted octanol–water partition coefficient (Wildman–Crippen LogP) is 4.04. The number of anilines is 1. The van der Waals surface area contributed by atoms with E-state index in [1.54, 1.807) is 12.1 Å². The van der Waals surface area contributed by atoms with Gasteiger partial charge in [0.15, 0.2) is 0 Å². The molecule has 0 saturated heterocycles. The molecular formula is C24H23N5O3.